The van der Waals surface area contributed by atoms with Gasteiger partial charge >= 0.3 is 0 Å². The number of nitrogens with zero attached hydrogens (tertiary/aromatic N) is 1. The van der Waals surface area contributed by atoms with Gasteiger partial charge in [-0.3, -0.25) is 0 Å². The van der Waals surface area contributed by atoms with Crippen molar-refractivity contribution in [3.05, 3.63) is 29.3 Å². The third kappa shape index (κ3) is 2.57. The molecule has 0 aliphatic heterocycles. The third-order valence-corrected chi connectivity index (χ3v) is 2.20. The predicted molar refractivity (Wildman–Crippen MR) is 56.6 cm³/mol. The molecule has 1 rings (SSSR count). The zero-order valence-corrected chi connectivity index (χ0v) is 8.86. The number of hydrogen-bond acceptors (Lipinski definition) is 3. The molecule has 1 aromatic rings. The lowest BCUT2D eigenvalue weighted by molar-refractivity contribution is -0.110. The van der Waals surface area contributed by atoms with Gasteiger partial charge < -0.3 is 9.53 Å². The normalized spacial score (nSPS) is 11.5. The Morgan fingerprint density at radius 3 is 2.87 bits per heavy atom. The summed E-state index contributed by atoms with van der Waals surface area (Å²) in [6.45, 7) is 1.84. The standard InChI is InChI=1S/C12H13NO2/c1-9(8-14)6-10-4-3-5-11(7-13)12(10)15-2/h3-5,8-9H,6H2,1-2H3. The molecule has 1 aromatic carbocycles. The quantitative estimate of drug-likeness (QED) is 0.703. The van der Waals surface area contributed by atoms with Gasteiger partial charge in [0, 0.05) is 5.92 Å². The van der Waals surface area contributed by atoms with Crippen LogP contribution in [0.25, 0.3) is 0 Å². The number of ether oxygens (including phenoxy) is 1. The van der Waals surface area contributed by atoms with Gasteiger partial charge in [0.05, 0.1) is 12.7 Å². The highest BCUT2D eigenvalue weighted by atomic mass is 16.5. The van der Waals surface area contributed by atoms with Gasteiger partial charge in [0.2, 0.25) is 0 Å². The van der Waals surface area contributed by atoms with Crippen molar-refractivity contribution in [2.45, 2.75) is 13.3 Å². The maximum atomic E-state index is 10.6. The Balaban J connectivity index is 3.07. The average Bonchev–Trinajstić information content (AvgIpc) is 2.28. The van der Waals surface area contributed by atoms with Crippen LogP contribution in [0.3, 0.4) is 0 Å². The predicted octanol–water partition coefficient (Wildman–Crippen LogP) is 1.94. The summed E-state index contributed by atoms with van der Waals surface area (Å²) < 4.78 is 5.17. The molecule has 78 valence electrons. The van der Waals surface area contributed by atoms with E-state index in [1.54, 1.807) is 12.1 Å². The summed E-state index contributed by atoms with van der Waals surface area (Å²) in [7, 11) is 1.53. The lowest BCUT2D eigenvalue weighted by Crippen LogP contribution is -2.03. The van der Waals surface area contributed by atoms with Gasteiger partial charge in [-0.25, -0.2) is 0 Å². The van der Waals surface area contributed by atoms with Crippen LogP contribution in [0.4, 0.5) is 0 Å². The number of benzene rings is 1. The molecule has 0 radical (unpaired) electrons. The smallest absolute Gasteiger partial charge is 0.139 e. The average molecular weight is 203 g/mol. The Morgan fingerprint density at radius 2 is 2.33 bits per heavy atom. The summed E-state index contributed by atoms with van der Waals surface area (Å²) in [5, 5.41) is 8.87. The fraction of sp³-hybridized carbons (Fsp3) is 0.333. The van der Waals surface area contributed by atoms with Crippen LogP contribution in [0.2, 0.25) is 0 Å². The number of aldehydes is 1. The second kappa shape index (κ2) is 5.16. The summed E-state index contributed by atoms with van der Waals surface area (Å²) in [6, 6.07) is 7.44. The second-order valence-corrected chi connectivity index (χ2v) is 3.43. The van der Waals surface area contributed by atoms with Crippen molar-refractivity contribution >= 4 is 6.29 Å². The molecule has 0 spiro atoms. The van der Waals surface area contributed by atoms with E-state index in [2.05, 4.69) is 6.07 Å². The van der Waals surface area contributed by atoms with Crippen LogP contribution in [0.5, 0.6) is 5.75 Å². The monoisotopic (exact) mass is 203 g/mol. The SMILES string of the molecule is COc1c(C#N)cccc1CC(C)C=O. The Hall–Kier alpha value is -1.82. The summed E-state index contributed by atoms with van der Waals surface area (Å²) in [5.41, 5.74) is 1.41. The van der Waals surface area contributed by atoms with Crippen molar-refractivity contribution in [1.82, 2.24) is 0 Å². The molecule has 0 N–H and O–H groups in total. The molecule has 0 saturated carbocycles. The van der Waals surface area contributed by atoms with Crippen molar-refractivity contribution in [2.24, 2.45) is 5.92 Å². The number of nitriles is 1. The van der Waals surface area contributed by atoms with E-state index in [0.717, 1.165) is 11.8 Å². The van der Waals surface area contributed by atoms with Crippen molar-refractivity contribution in [3.63, 3.8) is 0 Å². The van der Waals surface area contributed by atoms with Crippen molar-refractivity contribution in [1.29, 1.82) is 5.26 Å². The molecule has 15 heavy (non-hydrogen) atoms. The largest absolute Gasteiger partial charge is 0.495 e. The molecule has 3 heteroatoms. The van der Waals surface area contributed by atoms with Gasteiger partial charge in [-0.2, -0.15) is 5.26 Å². The minimum absolute atomic E-state index is 0.0622. The topological polar surface area (TPSA) is 50.1 Å². The first-order chi connectivity index (χ1) is 7.22. The van der Waals surface area contributed by atoms with Gasteiger partial charge in [-0.05, 0) is 18.1 Å². The lowest BCUT2D eigenvalue weighted by atomic mass is 9.99. The highest BCUT2D eigenvalue weighted by Gasteiger charge is 2.11. The summed E-state index contributed by atoms with van der Waals surface area (Å²) in [6.07, 6.45) is 1.50. The van der Waals surface area contributed by atoms with E-state index >= 15 is 0 Å². The van der Waals surface area contributed by atoms with Gasteiger partial charge in [0.15, 0.2) is 0 Å². The van der Waals surface area contributed by atoms with E-state index in [1.807, 2.05) is 13.0 Å². The maximum Gasteiger partial charge on any atom is 0.139 e. The molecule has 0 amide bonds. The summed E-state index contributed by atoms with van der Waals surface area (Å²) in [4.78, 5) is 10.6. The van der Waals surface area contributed by atoms with Crippen LogP contribution in [0.1, 0.15) is 18.1 Å². The molecule has 0 heterocycles. The Bertz CT molecular complexity index is 393. The highest BCUT2D eigenvalue weighted by Crippen LogP contribution is 2.25. The zero-order chi connectivity index (χ0) is 11.3. The minimum atomic E-state index is -0.0622. The van der Waals surface area contributed by atoms with E-state index in [1.165, 1.54) is 7.11 Å². The summed E-state index contributed by atoms with van der Waals surface area (Å²) >= 11 is 0. The number of carbonyl (C=O) groups excluding carboxylic acids is 1. The third-order valence-electron chi connectivity index (χ3n) is 2.20. The molecule has 1 unspecified atom stereocenters. The fourth-order valence-electron chi connectivity index (χ4n) is 1.47. The Kier molecular flexibility index (Phi) is 3.87. The number of hydrogen-bond donors (Lipinski definition) is 0. The maximum absolute atomic E-state index is 10.6. The van der Waals surface area contributed by atoms with Gasteiger partial charge in [-0.15, -0.1) is 0 Å². The molecule has 3 nitrogen and oxygen atoms in total. The van der Waals surface area contributed by atoms with Crippen molar-refractivity contribution < 1.29 is 9.53 Å². The molecule has 1 atom stereocenters. The van der Waals surface area contributed by atoms with Crippen LogP contribution in [0, 0.1) is 17.2 Å². The van der Waals surface area contributed by atoms with Crippen molar-refractivity contribution in [2.75, 3.05) is 7.11 Å². The molecule has 0 bridgehead atoms. The molecule has 0 fully saturated rings. The van der Waals surface area contributed by atoms with Gasteiger partial charge in [0.1, 0.15) is 18.1 Å². The lowest BCUT2D eigenvalue weighted by Gasteiger charge is -2.10. The van der Waals surface area contributed by atoms with E-state index in [0.29, 0.717) is 17.7 Å². The Labute approximate surface area is 89.3 Å². The number of carbonyl (C=O) groups is 1. The second-order valence-electron chi connectivity index (χ2n) is 3.43. The van der Waals surface area contributed by atoms with E-state index in [4.69, 9.17) is 10.00 Å². The molecular formula is C12H13NO2. The fourth-order valence-corrected chi connectivity index (χ4v) is 1.47. The molecule has 0 aromatic heterocycles. The zero-order valence-electron chi connectivity index (χ0n) is 8.86. The van der Waals surface area contributed by atoms with Gasteiger partial charge in [-0.1, -0.05) is 19.1 Å². The highest BCUT2D eigenvalue weighted by molar-refractivity contribution is 5.55. The molecule has 0 aliphatic carbocycles. The van der Waals surface area contributed by atoms with E-state index in [-0.39, 0.29) is 5.92 Å². The van der Waals surface area contributed by atoms with E-state index < -0.39 is 0 Å². The number of methoxy groups -OCH3 is 1. The number of rotatable bonds is 4. The van der Waals surface area contributed by atoms with Crippen LogP contribution >= 0.6 is 0 Å². The summed E-state index contributed by atoms with van der Waals surface area (Å²) in [5.74, 6) is 0.515. The van der Waals surface area contributed by atoms with Crippen LogP contribution in [-0.2, 0) is 11.2 Å². The van der Waals surface area contributed by atoms with Crippen LogP contribution in [-0.4, -0.2) is 13.4 Å². The Morgan fingerprint density at radius 1 is 1.60 bits per heavy atom. The molecule has 0 saturated heterocycles. The minimum Gasteiger partial charge on any atom is -0.495 e. The number of para-hydroxylation sites is 1. The molecule has 0 aliphatic rings. The van der Waals surface area contributed by atoms with Gasteiger partial charge in [0.25, 0.3) is 0 Å². The van der Waals surface area contributed by atoms with Crippen LogP contribution in [0.15, 0.2) is 18.2 Å². The first-order valence-electron chi connectivity index (χ1n) is 4.74. The first-order valence-corrected chi connectivity index (χ1v) is 4.74. The molecular weight excluding hydrogens is 190 g/mol. The van der Waals surface area contributed by atoms with E-state index in [9.17, 15) is 4.79 Å². The first kappa shape index (κ1) is 11.3. The van der Waals surface area contributed by atoms with Crippen molar-refractivity contribution in [3.8, 4) is 11.8 Å². The van der Waals surface area contributed by atoms with Crippen LogP contribution < -0.4 is 4.74 Å².